The molecule has 1 saturated heterocycles. The zero-order chi connectivity index (χ0) is 14.9. The lowest BCUT2D eigenvalue weighted by Crippen LogP contribution is -2.32. The van der Waals surface area contributed by atoms with E-state index in [0.29, 0.717) is 12.0 Å². The van der Waals surface area contributed by atoms with Crippen molar-refractivity contribution in [3.63, 3.8) is 0 Å². The Morgan fingerprint density at radius 1 is 1.09 bits per heavy atom. The third-order valence-electron chi connectivity index (χ3n) is 4.87. The van der Waals surface area contributed by atoms with Gasteiger partial charge in [-0.2, -0.15) is 0 Å². The summed E-state index contributed by atoms with van der Waals surface area (Å²) in [6, 6.07) is 7.45. The van der Waals surface area contributed by atoms with Gasteiger partial charge in [-0.15, -0.1) is 12.4 Å². The maximum Gasteiger partial charge on any atom is 0.151 e. The molecule has 3 aliphatic rings. The number of piperidine rings is 1. The van der Waals surface area contributed by atoms with Gasteiger partial charge >= 0.3 is 0 Å². The number of halogens is 2. The normalized spacial score (nSPS) is 23.0. The number of rotatable bonds is 4. The lowest BCUT2D eigenvalue weighted by atomic mass is 9.79. The molecule has 1 atom stereocenters. The first-order chi connectivity index (χ1) is 10.8. The second-order valence-corrected chi connectivity index (χ2v) is 6.48. The van der Waals surface area contributed by atoms with E-state index in [0.717, 1.165) is 37.3 Å². The fraction of sp³-hybridized carbons (Fsp3) is 0.529. The molecule has 1 saturated carbocycles. The summed E-state index contributed by atoms with van der Waals surface area (Å²) < 4.78 is 13.3. The van der Waals surface area contributed by atoms with E-state index in [1.165, 1.54) is 12.8 Å². The van der Waals surface area contributed by atoms with Gasteiger partial charge in [-0.25, -0.2) is 4.39 Å². The van der Waals surface area contributed by atoms with Crippen LogP contribution in [-0.4, -0.2) is 24.1 Å². The zero-order valence-electron chi connectivity index (χ0n) is 13.0. The third-order valence-corrected chi connectivity index (χ3v) is 4.87. The smallest absolute Gasteiger partial charge is 0.151 e. The van der Waals surface area contributed by atoms with Crippen molar-refractivity contribution in [2.24, 2.45) is 5.92 Å². The van der Waals surface area contributed by atoms with E-state index in [-0.39, 0.29) is 24.1 Å². The van der Waals surface area contributed by atoms with Crippen LogP contribution in [0, 0.1) is 11.7 Å². The van der Waals surface area contributed by atoms with E-state index in [9.17, 15) is 4.39 Å². The lowest BCUT2D eigenvalue weighted by molar-refractivity contribution is 0.00772. The summed E-state index contributed by atoms with van der Waals surface area (Å²) in [5, 5.41) is 5.49. The Kier molecular flexibility index (Phi) is 5.09. The van der Waals surface area contributed by atoms with Gasteiger partial charge in [0, 0.05) is 12.0 Å². The van der Waals surface area contributed by atoms with Gasteiger partial charge in [-0.1, -0.05) is 17.7 Å². The van der Waals surface area contributed by atoms with Crippen LogP contribution in [0.4, 0.5) is 4.39 Å². The van der Waals surface area contributed by atoms with Crippen LogP contribution in [0.25, 0.3) is 0 Å². The van der Waals surface area contributed by atoms with Crippen LogP contribution in [0.1, 0.15) is 37.2 Å². The first kappa shape index (κ1) is 16.6. The average molecular weight is 340 g/mol. The molecule has 0 radical (unpaired) electrons. The highest BCUT2D eigenvalue weighted by Gasteiger charge is 2.36. The fourth-order valence-electron chi connectivity index (χ4n) is 3.49. The van der Waals surface area contributed by atoms with Crippen molar-refractivity contribution in [1.82, 2.24) is 15.9 Å². The standard InChI is InChI=1S/C17H22FN3O.ClH/c18-14-3-1-12(2-4-14)17(13-7-9-19-10-8-13)16-11-21(20-22-16)15-5-6-15;/h1-4,11,13,15,17,19-20H,5-10H2;1H. The number of hydrogen-bond donors (Lipinski definition) is 2. The van der Waals surface area contributed by atoms with Crippen molar-refractivity contribution < 1.29 is 9.23 Å². The fourth-order valence-corrected chi connectivity index (χ4v) is 3.49. The lowest BCUT2D eigenvalue weighted by Gasteiger charge is -2.30. The van der Waals surface area contributed by atoms with E-state index in [2.05, 4.69) is 22.1 Å². The predicted molar refractivity (Wildman–Crippen MR) is 89.1 cm³/mol. The van der Waals surface area contributed by atoms with Gasteiger partial charge in [0.2, 0.25) is 0 Å². The minimum atomic E-state index is -0.188. The van der Waals surface area contributed by atoms with Gasteiger partial charge in [-0.05, 0) is 62.4 Å². The van der Waals surface area contributed by atoms with Crippen molar-refractivity contribution in [3.8, 4) is 0 Å². The molecule has 2 heterocycles. The number of benzene rings is 1. The van der Waals surface area contributed by atoms with E-state index in [4.69, 9.17) is 4.84 Å². The molecule has 4 nitrogen and oxygen atoms in total. The summed E-state index contributed by atoms with van der Waals surface area (Å²) >= 11 is 0. The van der Waals surface area contributed by atoms with Gasteiger partial charge in [0.1, 0.15) is 5.82 Å². The Labute approximate surface area is 142 Å². The number of hydrogen-bond acceptors (Lipinski definition) is 4. The maximum atomic E-state index is 13.3. The van der Waals surface area contributed by atoms with Gasteiger partial charge in [0.25, 0.3) is 0 Å². The van der Waals surface area contributed by atoms with Crippen LogP contribution in [-0.2, 0) is 4.84 Å². The molecule has 6 heteroatoms. The van der Waals surface area contributed by atoms with Crippen LogP contribution in [0.5, 0.6) is 0 Å². The summed E-state index contributed by atoms with van der Waals surface area (Å²) in [6.07, 6.45) is 6.77. The minimum absolute atomic E-state index is 0. The van der Waals surface area contributed by atoms with Gasteiger partial charge in [0.05, 0.1) is 6.20 Å². The Morgan fingerprint density at radius 2 is 1.78 bits per heavy atom. The van der Waals surface area contributed by atoms with Crippen molar-refractivity contribution in [3.05, 3.63) is 47.6 Å². The SMILES string of the molecule is Cl.Fc1ccc(C(C2=CN(C3CC3)NO2)C2CCNCC2)cc1. The first-order valence-corrected chi connectivity index (χ1v) is 8.20. The van der Waals surface area contributed by atoms with E-state index >= 15 is 0 Å². The minimum Gasteiger partial charge on any atom is -0.391 e. The maximum absolute atomic E-state index is 13.3. The Hall–Kier alpha value is -1.30. The molecule has 1 unspecified atom stereocenters. The monoisotopic (exact) mass is 339 g/mol. The van der Waals surface area contributed by atoms with Crippen molar-refractivity contribution >= 4 is 12.4 Å². The molecule has 2 fully saturated rings. The zero-order valence-corrected chi connectivity index (χ0v) is 13.8. The van der Waals surface area contributed by atoms with Crippen LogP contribution in [0.3, 0.4) is 0 Å². The van der Waals surface area contributed by atoms with Crippen LogP contribution >= 0.6 is 12.4 Å². The van der Waals surface area contributed by atoms with Gasteiger partial charge in [-0.3, -0.25) is 5.01 Å². The van der Waals surface area contributed by atoms with Crippen molar-refractivity contribution in [2.45, 2.75) is 37.6 Å². The highest BCUT2D eigenvalue weighted by Crippen LogP contribution is 2.40. The van der Waals surface area contributed by atoms with E-state index in [1.54, 1.807) is 12.1 Å². The molecule has 1 aliphatic carbocycles. The van der Waals surface area contributed by atoms with Gasteiger partial charge < -0.3 is 10.2 Å². The molecule has 126 valence electrons. The predicted octanol–water partition coefficient (Wildman–Crippen LogP) is 3.09. The molecule has 0 aromatic heterocycles. The second-order valence-electron chi connectivity index (χ2n) is 6.48. The largest absolute Gasteiger partial charge is 0.391 e. The number of nitrogens with zero attached hydrogens (tertiary/aromatic N) is 1. The molecule has 23 heavy (non-hydrogen) atoms. The number of allylic oxidation sites excluding steroid dienone is 1. The number of nitrogens with one attached hydrogen (secondary N) is 2. The first-order valence-electron chi connectivity index (χ1n) is 8.20. The highest BCUT2D eigenvalue weighted by molar-refractivity contribution is 5.85. The summed E-state index contributed by atoms with van der Waals surface area (Å²) in [5.74, 6) is 1.50. The molecular formula is C17H23ClFN3O. The van der Waals surface area contributed by atoms with Crippen molar-refractivity contribution in [1.29, 1.82) is 0 Å². The molecular weight excluding hydrogens is 317 g/mol. The van der Waals surface area contributed by atoms with Crippen LogP contribution in [0.2, 0.25) is 0 Å². The van der Waals surface area contributed by atoms with Gasteiger partial charge in [0.15, 0.2) is 5.76 Å². The quantitative estimate of drug-likeness (QED) is 0.884. The van der Waals surface area contributed by atoms with Crippen LogP contribution in [0.15, 0.2) is 36.2 Å². The molecule has 2 aliphatic heterocycles. The van der Waals surface area contributed by atoms with Crippen molar-refractivity contribution in [2.75, 3.05) is 13.1 Å². The highest BCUT2D eigenvalue weighted by atomic mass is 35.5. The third kappa shape index (κ3) is 3.62. The summed E-state index contributed by atoms with van der Waals surface area (Å²) in [4.78, 5) is 5.79. The molecule has 0 amide bonds. The number of hydrazine groups is 1. The Morgan fingerprint density at radius 3 is 2.43 bits per heavy atom. The molecule has 4 rings (SSSR count). The summed E-state index contributed by atoms with van der Waals surface area (Å²) in [6.45, 7) is 2.07. The summed E-state index contributed by atoms with van der Waals surface area (Å²) in [5.41, 5.74) is 4.16. The topological polar surface area (TPSA) is 36.5 Å². The Bertz CT molecular complexity index is 555. The molecule has 2 N–H and O–H groups in total. The molecule has 1 aromatic rings. The Balaban J connectivity index is 0.00000156. The van der Waals surface area contributed by atoms with E-state index in [1.807, 2.05) is 12.1 Å². The second kappa shape index (κ2) is 7.07. The van der Waals surface area contributed by atoms with Crippen LogP contribution < -0.4 is 10.9 Å². The van der Waals surface area contributed by atoms with E-state index < -0.39 is 0 Å². The molecule has 0 bridgehead atoms. The molecule has 0 spiro atoms. The molecule has 1 aromatic carbocycles. The average Bonchev–Trinajstić information content (AvgIpc) is 3.30. The summed E-state index contributed by atoms with van der Waals surface area (Å²) in [7, 11) is 0.